The van der Waals surface area contributed by atoms with E-state index in [9.17, 15) is 0 Å². The maximum atomic E-state index is 5.24. The van der Waals surface area contributed by atoms with Crippen LogP contribution in [0.15, 0.2) is 41.5 Å². The van der Waals surface area contributed by atoms with Gasteiger partial charge in [-0.05, 0) is 13.8 Å². The van der Waals surface area contributed by atoms with Gasteiger partial charge in [-0.1, -0.05) is 30.3 Å². The Hall–Kier alpha value is -1.57. The maximum Gasteiger partial charge on any atom is 0.144 e. The van der Waals surface area contributed by atoms with Crippen molar-refractivity contribution in [3.63, 3.8) is 0 Å². The SMILES string of the molecule is CO/C(=C\N=C(C)C)c1ccccc1. The van der Waals surface area contributed by atoms with Crippen LogP contribution in [0.3, 0.4) is 0 Å². The van der Waals surface area contributed by atoms with Gasteiger partial charge in [0.1, 0.15) is 5.76 Å². The molecule has 0 unspecified atom stereocenters. The van der Waals surface area contributed by atoms with Crippen LogP contribution in [0.2, 0.25) is 0 Å². The summed E-state index contributed by atoms with van der Waals surface area (Å²) in [6.07, 6.45) is 1.74. The lowest BCUT2D eigenvalue weighted by Gasteiger charge is -2.04. The van der Waals surface area contributed by atoms with Gasteiger partial charge < -0.3 is 4.74 Å². The summed E-state index contributed by atoms with van der Waals surface area (Å²) in [6, 6.07) is 9.92. The van der Waals surface area contributed by atoms with Crippen LogP contribution >= 0.6 is 0 Å². The number of aliphatic imine (C=N–C) groups is 1. The third-order valence-corrected chi connectivity index (χ3v) is 1.72. The monoisotopic (exact) mass is 189 g/mol. The zero-order chi connectivity index (χ0) is 10.4. The largest absolute Gasteiger partial charge is 0.495 e. The normalized spacial score (nSPS) is 10.9. The van der Waals surface area contributed by atoms with E-state index in [0.29, 0.717) is 0 Å². The second kappa shape index (κ2) is 5.22. The van der Waals surface area contributed by atoms with E-state index >= 15 is 0 Å². The van der Waals surface area contributed by atoms with E-state index in [1.54, 1.807) is 13.3 Å². The number of methoxy groups -OCH3 is 1. The van der Waals surface area contributed by atoms with Crippen LogP contribution < -0.4 is 0 Å². The fraction of sp³-hybridized carbons (Fsp3) is 0.250. The quantitative estimate of drug-likeness (QED) is 0.529. The Morgan fingerprint density at radius 3 is 2.36 bits per heavy atom. The van der Waals surface area contributed by atoms with Crippen molar-refractivity contribution in [3.05, 3.63) is 42.1 Å². The Bertz CT molecular complexity index is 335. The Labute approximate surface area is 84.9 Å². The number of benzene rings is 1. The molecule has 1 aromatic carbocycles. The van der Waals surface area contributed by atoms with Crippen molar-refractivity contribution in [2.75, 3.05) is 7.11 Å². The Morgan fingerprint density at radius 2 is 1.86 bits per heavy atom. The van der Waals surface area contributed by atoms with Crippen molar-refractivity contribution >= 4 is 11.5 Å². The first kappa shape index (κ1) is 10.5. The molecule has 0 spiro atoms. The molecule has 0 bridgehead atoms. The lowest BCUT2D eigenvalue weighted by atomic mass is 10.2. The number of rotatable bonds is 3. The van der Waals surface area contributed by atoms with Gasteiger partial charge in [-0.3, -0.25) is 4.99 Å². The summed E-state index contributed by atoms with van der Waals surface area (Å²) in [7, 11) is 1.65. The molecule has 1 rings (SSSR count). The summed E-state index contributed by atoms with van der Waals surface area (Å²) in [5, 5.41) is 0. The zero-order valence-electron chi connectivity index (χ0n) is 8.82. The van der Waals surface area contributed by atoms with Gasteiger partial charge in [-0.15, -0.1) is 0 Å². The van der Waals surface area contributed by atoms with Crippen molar-refractivity contribution in [2.24, 2.45) is 4.99 Å². The van der Waals surface area contributed by atoms with Crippen molar-refractivity contribution < 1.29 is 4.74 Å². The third kappa shape index (κ3) is 3.05. The molecule has 0 aliphatic heterocycles. The van der Waals surface area contributed by atoms with Gasteiger partial charge >= 0.3 is 0 Å². The number of nitrogens with zero attached hydrogens (tertiary/aromatic N) is 1. The molecule has 0 aliphatic rings. The fourth-order valence-corrected chi connectivity index (χ4v) is 1.04. The summed E-state index contributed by atoms with van der Waals surface area (Å²) in [6.45, 7) is 3.91. The van der Waals surface area contributed by atoms with Crippen LogP contribution in [0.25, 0.3) is 5.76 Å². The first-order valence-corrected chi connectivity index (χ1v) is 4.54. The number of hydrogen-bond donors (Lipinski definition) is 0. The molecule has 2 heteroatoms. The van der Waals surface area contributed by atoms with E-state index in [-0.39, 0.29) is 0 Å². The van der Waals surface area contributed by atoms with Gasteiger partial charge in [-0.2, -0.15) is 0 Å². The Balaban J connectivity index is 2.93. The van der Waals surface area contributed by atoms with Crippen molar-refractivity contribution in [2.45, 2.75) is 13.8 Å². The minimum Gasteiger partial charge on any atom is -0.495 e. The lowest BCUT2D eigenvalue weighted by Crippen LogP contribution is -1.87. The van der Waals surface area contributed by atoms with Crippen molar-refractivity contribution in [1.29, 1.82) is 0 Å². The zero-order valence-corrected chi connectivity index (χ0v) is 8.82. The molecule has 74 valence electrons. The predicted octanol–water partition coefficient (Wildman–Crippen LogP) is 3.11. The first-order chi connectivity index (χ1) is 6.74. The molecule has 0 N–H and O–H groups in total. The van der Waals surface area contributed by atoms with E-state index in [1.807, 2.05) is 44.2 Å². The number of ether oxygens (including phenoxy) is 1. The van der Waals surface area contributed by atoms with Crippen LogP contribution in [0.1, 0.15) is 19.4 Å². The summed E-state index contributed by atoms with van der Waals surface area (Å²) < 4.78 is 5.24. The van der Waals surface area contributed by atoms with E-state index in [0.717, 1.165) is 17.0 Å². The predicted molar refractivity (Wildman–Crippen MR) is 60.2 cm³/mol. The highest BCUT2D eigenvalue weighted by molar-refractivity contribution is 5.80. The molecule has 0 aromatic heterocycles. The van der Waals surface area contributed by atoms with Crippen molar-refractivity contribution in [1.82, 2.24) is 0 Å². The molecule has 0 fully saturated rings. The average molecular weight is 189 g/mol. The molecule has 0 heterocycles. The Morgan fingerprint density at radius 1 is 1.21 bits per heavy atom. The highest BCUT2D eigenvalue weighted by atomic mass is 16.5. The molecule has 0 saturated heterocycles. The molecular weight excluding hydrogens is 174 g/mol. The molecule has 1 aromatic rings. The third-order valence-electron chi connectivity index (χ3n) is 1.72. The second-order valence-corrected chi connectivity index (χ2v) is 3.14. The van der Waals surface area contributed by atoms with Crippen LogP contribution in [-0.4, -0.2) is 12.8 Å². The molecule has 2 nitrogen and oxygen atoms in total. The van der Waals surface area contributed by atoms with Gasteiger partial charge in [0.2, 0.25) is 0 Å². The molecule has 14 heavy (non-hydrogen) atoms. The summed E-state index contributed by atoms with van der Waals surface area (Å²) in [5.74, 6) is 0.784. The molecule has 0 radical (unpaired) electrons. The first-order valence-electron chi connectivity index (χ1n) is 4.54. The van der Waals surface area contributed by atoms with E-state index < -0.39 is 0 Å². The van der Waals surface area contributed by atoms with Gasteiger partial charge in [0.15, 0.2) is 0 Å². The molecule has 0 atom stereocenters. The highest BCUT2D eigenvalue weighted by Gasteiger charge is 1.97. The molecule has 0 amide bonds. The van der Waals surface area contributed by atoms with Crippen LogP contribution in [0.4, 0.5) is 0 Å². The van der Waals surface area contributed by atoms with Crippen molar-refractivity contribution in [3.8, 4) is 0 Å². The minimum absolute atomic E-state index is 0.784. The maximum absolute atomic E-state index is 5.24. The molecule has 0 saturated carbocycles. The summed E-state index contributed by atoms with van der Waals surface area (Å²) >= 11 is 0. The fourth-order valence-electron chi connectivity index (χ4n) is 1.04. The standard InChI is InChI=1S/C12H15NO/c1-10(2)13-9-12(14-3)11-7-5-4-6-8-11/h4-9H,1-3H3/b12-9-. The van der Waals surface area contributed by atoms with Crippen LogP contribution in [0, 0.1) is 0 Å². The second-order valence-electron chi connectivity index (χ2n) is 3.14. The van der Waals surface area contributed by atoms with Gasteiger partial charge in [0.25, 0.3) is 0 Å². The van der Waals surface area contributed by atoms with E-state index in [2.05, 4.69) is 4.99 Å². The van der Waals surface area contributed by atoms with Gasteiger partial charge in [0, 0.05) is 11.3 Å². The lowest BCUT2D eigenvalue weighted by molar-refractivity contribution is 0.369. The Kier molecular flexibility index (Phi) is 3.92. The summed E-state index contributed by atoms with van der Waals surface area (Å²) in [4.78, 5) is 4.20. The topological polar surface area (TPSA) is 21.6 Å². The minimum atomic E-state index is 0.784. The van der Waals surface area contributed by atoms with Gasteiger partial charge in [0.05, 0.1) is 13.3 Å². The highest BCUT2D eigenvalue weighted by Crippen LogP contribution is 2.14. The van der Waals surface area contributed by atoms with Gasteiger partial charge in [-0.25, -0.2) is 0 Å². The molecular formula is C12H15NO. The number of hydrogen-bond acceptors (Lipinski definition) is 2. The smallest absolute Gasteiger partial charge is 0.144 e. The van der Waals surface area contributed by atoms with E-state index in [4.69, 9.17) is 4.74 Å². The van der Waals surface area contributed by atoms with Crippen LogP contribution in [-0.2, 0) is 4.74 Å². The average Bonchev–Trinajstić information content (AvgIpc) is 2.20. The summed E-state index contributed by atoms with van der Waals surface area (Å²) in [5.41, 5.74) is 2.05. The van der Waals surface area contributed by atoms with Crippen LogP contribution in [0.5, 0.6) is 0 Å². The molecule has 0 aliphatic carbocycles. The van der Waals surface area contributed by atoms with E-state index in [1.165, 1.54) is 0 Å².